The summed E-state index contributed by atoms with van der Waals surface area (Å²) in [4.78, 5) is 28.5. The van der Waals surface area contributed by atoms with Gasteiger partial charge in [0.1, 0.15) is 5.75 Å². The molecular formula is C20H25N3O4. The lowest BCUT2D eigenvalue weighted by molar-refractivity contribution is -0.132. The molecule has 0 spiro atoms. The molecule has 0 radical (unpaired) electrons. The molecule has 27 heavy (non-hydrogen) atoms. The van der Waals surface area contributed by atoms with Crippen LogP contribution in [-0.2, 0) is 17.8 Å². The number of carbonyl (C=O) groups is 2. The van der Waals surface area contributed by atoms with E-state index in [-0.39, 0.29) is 18.1 Å². The van der Waals surface area contributed by atoms with E-state index in [4.69, 9.17) is 9.26 Å². The van der Waals surface area contributed by atoms with Crippen LogP contribution in [0.4, 0.5) is 0 Å². The third kappa shape index (κ3) is 4.74. The fourth-order valence-electron chi connectivity index (χ4n) is 3.28. The van der Waals surface area contributed by atoms with Crippen molar-refractivity contribution in [2.45, 2.75) is 26.8 Å². The lowest BCUT2D eigenvalue weighted by Crippen LogP contribution is -2.48. The molecule has 2 aromatic rings. The Hall–Kier alpha value is -2.67. The van der Waals surface area contributed by atoms with Gasteiger partial charge in [-0.3, -0.25) is 14.5 Å². The predicted molar refractivity (Wildman–Crippen MR) is 99.8 cm³/mol. The molecule has 0 bridgehead atoms. The van der Waals surface area contributed by atoms with Crippen LogP contribution in [0.2, 0.25) is 0 Å². The quantitative estimate of drug-likeness (QED) is 0.724. The number of carbonyl (C=O) groups excluding carboxylic acids is 2. The van der Waals surface area contributed by atoms with Crippen LogP contribution in [0.5, 0.6) is 5.75 Å². The maximum absolute atomic E-state index is 12.7. The SMILES string of the molecule is COc1ccc(C(C)=O)cc1CC(=O)N1CCN(Cc2cc(C)no2)CC1. The van der Waals surface area contributed by atoms with Gasteiger partial charge >= 0.3 is 0 Å². The number of nitrogens with zero attached hydrogens (tertiary/aromatic N) is 3. The van der Waals surface area contributed by atoms with Crippen molar-refractivity contribution in [2.24, 2.45) is 0 Å². The first-order valence-corrected chi connectivity index (χ1v) is 9.06. The molecule has 1 aromatic heterocycles. The zero-order chi connectivity index (χ0) is 19.4. The minimum absolute atomic E-state index is 0.0254. The molecule has 3 rings (SSSR count). The van der Waals surface area contributed by atoms with Gasteiger partial charge in [0.2, 0.25) is 5.91 Å². The number of amides is 1. The molecule has 0 atom stereocenters. The normalized spacial score (nSPS) is 15.0. The summed E-state index contributed by atoms with van der Waals surface area (Å²) < 4.78 is 10.6. The Morgan fingerprint density at radius 2 is 1.93 bits per heavy atom. The molecule has 1 aliphatic rings. The second-order valence-electron chi connectivity index (χ2n) is 6.85. The summed E-state index contributed by atoms with van der Waals surface area (Å²) in [6.45, 7) is 7.03. The number of piperazine rings is 1. The summed E-state index contributed by atoms with van der Waals surface area (Å²) >= 11 is 0. The summed E-state index contributed by atoms with van der Waals surface area (Å²) in [6, 6.07) is 7.16. The van der Waals surface area contributed by atoms with Crippen LogP contribution in [0.25, 0.3) is 0 Å². The summed E-state index contributed by atoms with van der Waals surface area (Å²) in [7, 11) is 1.57. The van der Waals surface area contributed by atoms with Crippen molar-refractivity contribution in [3.8, 4) is 5.75 Å². The number of Topliss-reactive ketones (excluding diaryl/α,β-unsaturated/α-hetero) is 1. The Bertz CT molecular complexity index is 822. The van der Waals surface area contributed by atoms with Crippen molar-refractivity contribution in [2.75, 3.05) is 33.3 Å². The van der Waals surface area contributed by atoms with Gasteiger partial charge in [0.05, 0.1) is 25.8 Å². The van der Waals surface area contributed by atoms with Gasteiger partial charge in [-0.1, -0.05) is 5.16 Å². The zero-order valence-corrected chi connectivity index (χ0v) is 16.0. The number of methoxy groups -OCH3 is 1. The Kier molecular flexibility index (Phi) is 5.91. The van der Waals surface area contributed by atoms with Crippen LogP contribution in [-0.4, -0.2) is 59.9 Å². The van der Waals surface area contributed by atoms with Crippen LogP contribution >= 0.6 is 0 Å². The maximum atomic E-state index is 12.7. The van der Waals surface area contributed by atoms with Crippen molar-refractivity contribution in [1.82, 2.24) is 15.0 Å². The smallest absolute Gasteiger partial charge is 0.227 e. The highest BCUT2D eigenvalue weighted by Gasteiger charge is 2.23. The molecule has 1 fully saturated rings. The van der Waals surface area contributed by atoms with Crippen LogP contribution in [0.3, 0.4) is 0 Å². The van der Waals surface area contributed by atoms with Crippen LogP contribution in [0, 0.1) is 6.92 Å². The molecule has 7 heteroatoms. The van der Waals surface area contributed by atoms with Crippen molar-refractivity contribution in [3.05, 3.63) is 46.8 Å². The molecule has 1 aliphatic heterocycles. The second-order valence-corrected chi connectivity index (χ2v) is 6.85. The van der Waals surface area contributed by atoms with Crippen LogP contribution < -0.4 is 4.74 Å². The average molecular weight is 371 g/mol. The standard InChI is InChI=1S/C20H25N3O4/c1-14-10-18(27-21-14)13-22-6-8-23(9-7-22)20(25)12-17-11-16(15(2)24)4-5-19(17)26-3/h4-5,10-11H,6-9,12-13H2,1-3H3. The monoisotopic (exact) mass is 371 g/mol. The molecule has 2 heterocycles. The lowest BCUT2D eigenvalue weighted by Gasteiger charge is -2.34. The summed E-state index contributed by atoms with van der Waals surface area (Å²) in [5.74, 6) is 1.50. The fourth-order valence-corrected chi connectivity index (χ4v) is 3.28. The van der Waals surface area contributed by atoms with E-state index in [1.165, 1.54) is 6.92 Å². The van der Waals surface area contributed by atoms with Gasteiger partial charge < -0.3 is 14.2 Å². The van der Waals surface area contributed by atoms with Gasteiger partial charge in [0.25, 0.3) is 0 Å². The largest absolute Gasteiger partial charge is 0.496 e. The summed E-state index contributed by atoms with van der Waals surface area (Å²) in [5.41, 5.74) is 2.21. The number of hydrogen-bond donors (Lipinski definition) is 0. The molecule has 0 aliphatic carbocycles. The highest BCUT2D eigenvalue weighted by atomic mass is 16.5. The van der Waals surface area contributed by atoms with E-state index >= 15 is 0 Å². The van der Waals surface area contributed by atoms with E-state index in [1.807, 2.05) is 17.9 Å². The van der Waals surface area contributed by atoms with Crippen molar-refractivity contribution in [3.63, 3.8) is 0 Å². The Morgan fingerprint density at radius 3 is 2.52 bits per heavy atom. The number of aromatic nitrogens is 1. The van der Waals surface area contributed by atoms with E-state index in [1.54, 1.807) is 25.3 Å². The number of hydrogen-bond acceptors (Lipinski definition) is 6. The predicted octanol–water partition coefficient (Wildman–Crippen LogP) is 2.08. The number of ketones is 1. The highest BCUT2D eigenvalue weighted by Crippen LogP contribution is 2.22. The van der Waals surface area contributed by atoms with Gasteiger partial charge in [-0.25, -0.2) is 0 Å². The Balaban J connectivity index is 1.58. The summed E-state index contributed by atoms with van der Waals surface area (Å²) in [5, 5.41) is 3.91. The highest BCUT2D eigenvalue weighted by molar-refractivity contribution is 5.94. The first-order chi connectivity index (χ1) is 13.0. The first-order valence-electron chi connectivity index (χ1n) is 9.06. The van der Waals surface area contributed by atoms with Crippen LogP contribution in [0.15, 0.2) is 28.8 Å². The van der Waals surface area contributed by atoms with Gasteiger partial charge in [-0.15, -0.1) is 0 Å². The van der Waals surface area contributed by atoms with Gasteiger partial charge in [0, 0.05) is 43.4 Å². The second kappa shape index (κ2) is 8.35. The topological polar surface area (TPSA) is 75.9 Å². The molecule has 0 saturated carbocycles. The number of rotatable bonds is 6. The third-order valence-electron chi connectivity index (χ3n) is 4.81. The number of aryl methyl sites for hydroxylation is 1. The minimum atomic E-state index is -0.0254. The molecule has 7 nitrogen and oxygen atoms in total. The van der Waals surface area contributed by atoms with Gasteiger partial charge in [-0.2, -0.15) is 0 Å². The Labute approximate surface area is 158 Å². The molecule has 1 amide bonds. The first kappa shape index (κ1) is 19.1. The minimum Gasteiger partial charge on any atom is -0.496 e. The molecule has 1 saturated heterocycles. The number of ether oxygens (including phenoxy) is 1. The van der Waals surface area contributed by atoms with E-state index in [0.717, 1.165) is 30.1 Å². The van der Waals surface area contributed by atoms with Gasteiger partial charge in [0.15, 0.2) is 11.5 Å². The Morgan fingerprint density at radius 1 is 1.19 bits per heavy atom. The van der Waals surface area contributed by atoms with E-state index in [9.17, 15) is 9.59 Å². The van der Waals surface area contributed by atoms with Gasteiger partial charge in [-0.05, 0) is 32.0 Å². The third-order valence-corrected chi connectivity index (χ3v) is 4.81. The maximum Gasteiger partial charge on any atom is 0.227 e. The molecule has 0 N–H and O–H groups in total. The van der Waals surface area contributed by atoms with Crippen molar-refractivity contribution < 1.29 is 18.8 Å². The molecular weight excluding hydrogens is 346 g/mol. The molecule has 1 aromatic carbocycles. The van der Waals surface area contributed by atoms with Crippen molar-refractivity contribution >= 4 is 11.7 Å². The van der Waals surface area contributed by atoms with Crippen molar-refractivity contribution in [1.29, 1.82) is 0 Å². The fraction of sp³-hybridized carbons (Fsp3) is 0.450. The van der Waals surface area contributed by atoms with Crippen LogP contribution in [0.1, 0.15) is 34.3 Å². The number of benzene rings is 1. The van der Waals surface area contributed by atoms with E-state index < -0.39 is 0 Å². The molecule has 144 valence electrons. The summed E-state index contributed by atoms with van der Waals surface area (Å²) in [6.07, 6.45) is 0.228. The zero-order valence-electron chi connectivity index (χ0n) is 16.0. The van der Waals surface area contributed by atoms with E-state index in [2.05, 4.69) is 10.1 Å². The average Bonchev–Trinajstić information content (AvgIpc) is 3.06. The van der Waals surface area contributed by atoms with E-state index in [0.29, 0.717) is 30.9 Å². The lowest BCUT2D eigenvalue weighted by atomic mass is 10.0. The molecule has 0 unspecified atom stereocenters.